The third-order valence-electron chi connectivity index (χ3n) is 4.35. The lowest BCUT2D eigenvalue weighted by Crippen LogP contribution is -2.36. The normalized spacial score (nSPS) is 11.1. The Labute approximate surface area is 171 Å². The van der Waals surface area contributed by atoms with Crippen molar-refractivity contribution in [1.82, 2.24) is 20.4 Å². The first-order chi connectivity index (χ1) is 14.3. The Morgan fingerprint density at radius 2 is 1.93 bits per heavy atom. The van der Waals surface area contributed by atoms with E-state index in [0.717, 1.165) is 23.8 Å². The minimum atomic E-state index is 0.485. The predicted octanol–water partition coefficient (Wildman–Crippen LogP) is 3.36. The number of rotatable bonds is 9. The van der Waals surface area contributed by atoms with Crippen molar-refractivity contribution in [3.8, 4) is 5.75 Å². The van der Waals surface area contributed by atoms with Gasteiger partial charge in [-0.15, -0.1) is 0 Å². The van der Waals surface area contributed by atoms with Crippen LogP contribution < -0.4 is 15.4 Å². The molecule has 0 spiro atoms. The molecule has 3 rings (SSSR count). The highest BCUT2D eigenvalue weighted by Crippen LogP contribution is 2.17. The molecule has 0 bridgehead atoms. The smallest absolute Gasteiger partial charge is 0.191 e. The minimum absolute atomic E-state index is 0.485. The Morgan fingerprint density at radius 3 is 2.72 bits per heavy atom. The lowest BCUT2D eigenvalue weighted by Gasteiger charge is -2.15. The van der Waals surface area contributed by atoms with Crippen LogP contribution in [0.4, 0.5) is 0 Å². The van der Waals surface area contributed by atoms with Crippen LogP contribution in [-0.2, 0) is 19.6 Å². The Morgan fingerprint density at radius 1 is 1.10 bits per heavy atom. The van der Waals surface area contributed by atoms with Crippen LogP contribution in [0.1, 0.15) is 16.7 Å². The van der Waals surface area contributed by atoms with E-state index in [-0.39, 0.29) is 0 Å². The number of hydrogen-bond acceptors (Lipinski definition) is 3. The summed E-state index contributed by atoms with van der Waals surface area (Å²) < 4.78 is 7.63. The van der Waals surface area contributed by atoms with E-state index in [4.69, 9.17) is 4.74 Å². The number of nitrogens with zero attached hydrogens (tertiary/aromatic N) is 3. The van der Waals surface area contributed by atoms with Crippen molar-refractivity contribution in [2.45, 2.75) is 19.6 Å². The maximum atomic E-state index is 5.71. The summed E-state index contributed by atoms with van der Waals surface area (Å²) in [5, 5.41) is 11.0. The van der Waals surface area contributed by atoms with Gasteiger partial charge in [0.1, 0.15) is 12.4 Å². The standard InChI is InChI=1S/C23H27N5O/c1-3-14-29-22-11-5-4-10-21(22)17-26-23(24-2)25-16-19-8-6-9-20(15-19)18-28-13-7-12-27-28/h3-13,15H,1,14,16-18H2,2H3,(H2,24,25,26). The number of para-hydroxylation sites is 1. The van der Waals surface area contributed by atoms with E-state index >= 15 is 0 Å². The summed E-state index contributed by atoms with van der Waals surface area (Å²) in [6.07, 6.45) is 5.50. The summed E-state index contributed by atoms with van der Waals surface area (Å²) >= 11 is 0. The van der Waals surface area contributed by atoms with Crippen molar-refractivity contribution >= 4 is 5.96 Å². The fourth-order valence-corrected chi connectivity index (χ4v) is 2.94. The molecule has 29 heavy (non-hydrogen) atoms. The molecule has 0 saturated carbocycles. The highest BCUT2D eigenvalue weighted by Gasteiger charge is 2.05. The zero-order valence-electron chi connectivity index (χ0n) is 16.7. The molecule has 0 amide bonds. The van der Waals surface area contributed by atoms with Gasteiger partial charge in [0.05, 0.1) is 6.54 Å². The van der Waals surface area contributed by atoms with Crippen molar-refractivity contribution in [1.29, 1.82) is 0 Å². The second-order valence-electron chi connectivity index (χ2n) is 6.51. The van der Waals surface area contributed by atoms with Crippen LogP contribution in [-0.4, -0.2) is 29.4 Å². The first-order valence-corrected chi connectivity index (χ1v) is 9.60. The molecule has 6 heteroatoms. The van der Waals surface area contributed by atoms with Crippen LogP contribution in [0.3, 0.4) is 0 Å². The summed E-state index contributed by atoms with van der Waals surface area (Å²) in [7, 11) is 1.77. The van der Waals surface area contributed by atoms with Gasteiger partial charge in [0, 0.05) is 38.1 Å². The van der Waals surface area contributed by atoms with Crippen molar-refractivity contribution in [2.24, 2.45) is 4.99 Å². The van der Waals surface area contributed by atoms with Gasteiger partial charge in [-0.25, -0.2) is 0 Å². The minimum Gasteiger partial charge on any atom is -0.489 e. The second kappa shape index (κ2) is 10.7. The van der Waals surface area contributed by atoms with Crippen molar-refractivity contribution < 1.29 is 4.74 Å². The van der Waals surface area contributed by atoms with Gasteiger partial charge >= 0.3 is 0 Å². The quantitative estimate of drug-likeness (QED) is 0.335. The molecular weight excluding hydrogens is 362 g/mol. The van der Waals surface area contributed by atoms with Crippen LogP contribution in [0.15, 0.2) is 84.6 Å². The number of nitrogens with one attached hydrogen (secondary N) is 2. The van der Waals surface area contributed by atoms with Gasteiger partial charge in [0.25, 0.3) is 0 Å². The lowest BCUT2D eigenvalue weighted by molar-refractivity contribution is 0.358. The van der Waals surface area contributed by atoms with Crippen LogP contribution in [0.25, 0.3) is 0 Å². The number of ether oxygens (including phenoxy) is 1. The van der Waals surface area contributed by atoms with Crippen molar-refractivity contribution in [3.05, 3.63) is 96.3 Å². The number of guanidine groups is 1. The number of aliphatic imine (C=N–C) groups is 1. The predicted molar refractivity (Wildman–Crippen MR) is 117 cm³/mol. The molecule has 0 aliphatic carbocycles. The first kappa shape index (κ1) is 20.2. The molecule has 1 aromatic heterocycles. The molecule has 0 aliphatic heterocycles. The molecule has 2 N–H and O–H groups in total. The largest absolute Gasteiger partial charge is 0.489 e. The van der Waals surface area contributed by atoms with Gasteiger partial charge in [0.2, 0.25) is 0 Å². The molecule has 0 unspecified atom stereocenters. The molecule has 1 heterocycles. The van der Waals surface area contributed by atoms with Crippen molar-refractivity contribution in [2.75, 3.05) is 13.7 Å². The lowest BCUT2D eigenvalue weighted by atomic mass is 10.1. The van der Waals surface area contributed by atoms with Crippen LogP contribution >= 0.6 is 0 Å². The molecule has 6 nitrogen and oxygen atoms in total. The zero-order chi connectivity index (χ0) is 20.3. The fourth-order valence-electron chi connectivity index (χ4n) is 2.94. The number of aromatic nitrogens is 2. The van der Waals surface area contributed by atoms with Crippen LogP contribution in [0, 0.1) is 0 Å². The monoisotopic (exact) mass is 389 g/mol. The van der Waals surface area contributed by atoms with Gasteiger partial charge in [-0.1, -0.05) is 55.1 Å². The van der Waals surface area contributed by atoms with Gasteiger partial charge in [0.15, 0.2) is 5.96 Å². The molecule has 0 atom stereocenters. The summed E-state index contributed by atoms with van der Waals surface area (Å²) in [4.78, 5) is 4.32. The van der Waals surface area contributed by atoms with Crippen molar-refractivity contribution in [3.63, 3.8) is 0 Å². The van der Waals surface area contributed by atoms with Crippen LogP contribution in [0.2, 0.25) is 0 Å². The van der Waals surface area contributed by atoms with E-state index in [1.54, 1.807) is 19.3 Å². The maximum absolute atomic E-state index is 5.71. The molecule has 3 aromatic rings. The Kier molecular flexibility index (Phi) is 7.46. The molecular formula is C23H27N5O. The summed E-state index contributed by atoms with van der Waals surface area (Å²) in [6, 6.07) is 18.4. The summed E-state index contributed by atoms with van der Waals surface area (Å²) in [6.45, 7) is 6.24. The van der Waals surface area contributed by atoms with Gasteiger partial charge in [-0.3, -0.25) is 9.67 Å². The average molecular weight is 390 g/mol. The first-order valence-electron chi connectivity index (χ1n) is 9.60. The average Bonchev–Trinajstić information content (AvgIpc) is 3.26. The Hall–Kier alpha value is -3.54. The number of hydrogen-bond donors (Lipinski definition) is 2. The molecule has 2 aromatic carbocycles. The molecule has 0 fully saturated rings. The van der Waals surface area contributed by atoms with E-state index in [2.05, 4.69) is 51.6 Å². The Bertz CT molecular complexity index is 934. The second-order valence-corrected chi connectivity index (χ2v) is 6.51. The third kappa shape index (κ3) is 6.24. The van der Waals surface area contributed by atoms with Gasteiger partial charge in [-0.05, 0) is 23.3 Å². The summed E-state index contributed by atoms with van der Waals surface area (Å²) in [5.74, 6) is 1.59. The van der Waals surface area contributed by atoms with E-state index in [1.165, 1.54) is 11.1 Å². The fraction of sp³-hybridized carbons (Fsp3) is 0.217. The van der Waals surface area contributed by atoms with E-state index < -0.39 is 0 Å². The number of benzene rings is 2. The van der Waals surface area contributed by atoms with Gasteiger partial charge < -0.3 is 15.4 Å². The summed E-state index contributed by atoms with van der Waals surface area (Å²) in [5.41, 5.74) is 3.47. The molecule has 0 radical (unpaired) electrons. The van der Waals surface area contributed by atoms with Crippen LogP contribution in [0.5, 0.6) is 5.75 Å². The SMILES string of the molecule is C=CCOc1ccccc1CNC(=NC)NCc1cccc(Cn2cccn2)c1. The van der Waals surface area contributed by atoms with E-state index in [0.29, 0.717) is 19.7 Å². The highest BCUT2D eigenvalue weighted by atomic mass is 16.5. The topological polar surface area (TPSA) is 63.5 Å². The van der Waals surface area contributed by atoms with Gasteiger partial charge in [-0.2, -0.15) is 5.10 Å². The van der Waals surface area contributed by atoms with E-state index in [9.17, 15) is 0 Å². The van der Waals surface area contributed by atoms with E-state index in [1.807, 2.05) is 41.2 Å². The molecule has 150 valence electrons. The Balaban J connectivity index is 1.54. The highest BCUT2D eigenvalue weighted by molar-refractivity contribution is 5.79. The third-order valence-corrected chi connectivity index (χ3v) is 4.35. The molecule has 0 saturated heterocycles. The molecule has 0 aliphatic rings. The zero-order valence-corrected chi connectivity index (χ0v) is 16.7. The maximum Gasteiger partial charge on any atom is 0.191 e.